The van der Waals surface area contributed by atoms with Crippen molar-refractivity contribution < 1.29 is 13.2 Å². The molecule has 0 spiro atoms. The average Bonchev–Trinajstić information content (AvgIpc) is 2.23. The summed E-state index contributed by atoms with van der Waals surface area (Å²) in [5.41, 5.74) is 1.000. The van der Waals surface area contributed by atoms with E-state index in [0.717, 1.165) is 16.3 Å². The van der Waals surface area contributed by atoms with Gasteiger partial charge >= 0.3 is 0 Å². The molecule has 0 bridgehead atoms. The molecule has 1 rings (SSSR count). The number of rotatable bonds is 5. The lowest BCUT2D eigenvalue weighted by Crippen LogP contribution is -2.35. The number of hydrogen-bond donors (Lipinski definition) is 1. The summed E-state index contributed by atoms with van der Waals surface area (Å²) in [7, 11) is -3.49. The first-order valence-electron chi connectivity index (χ1n) is 5.58. The van der Waals surface area contributed by atoms with Gasteiger partial charge in [0.15, 0.2) is 0 Å². The van der Waals surface area contributed by atoms with E-state index in [9.17, 15) is 13.2 Å². The minimum absolute atomic E-state index is 0.339. The van der Waals surface area contributed by atoms with Crippen LogP contribution in [0.25, 0.3) is 0 Å². The maximum absolute atomic E-state index is 11.8. The van der Waals surface area contributed by atoms with Crippen LogP contribution in [0.1, 0.15) is 18.9 Å². The molecule has 0 unspecified atom stereocenters. The molecule has 0 fully saturated rings. The monoisotopic (exact) mass is 333 g/mol. The van der Waals surface area contributed by atoms with Crippen LogP contribution in [0.2, 0.25) is 0 Å². The Labute approximate surface area is 116 Å². The number of halogens is 1. The number of hydrogen-bond acceptors (Lipinski definition) is 3. The number of benzene rings is 1. The van der Waals surface area contributed by atoms with Crippen LogP contribution in [0.5, 0.6) is 0 Å². The third kappa shape index (κ3) is 5.18. The van der Waals surface area contributed by atoms with Crippen LogP contribution in [0.15, 0.2) is 28.7 Å². The zero-order valence-corrected chi connectivity index (χ0v) is 12.7. The first-order chi connectivity index (χ1) is 8.31. The average molecular weight is 334 g/mol. The zero-order chi connectivity index (χ0) is 13.8. The van der Waals surface area contributed by atoms with Crippen LogP contribution in [0.4, 0.5) is 0 Å². The summed E-state index contributed by atoms with van der Waals surface area (Å²) < 4.78 is 25.0. The molecule has 0 saturated heterocycles. The standard InChI is InChI=1S/C12H16BrNO3S/c1-3-10(12(15)14-18(2,16)17)7-9-5-4-6-11(13)8-9/h4-6,8,10H,3,7H2,1-2H3,(H,14,15)/t10-/m1/s1. The number of amides is 1. The summed E-state index contributed by atoms with van der Waals surface area (Å²) in [6.07, 6.45) is 2.10. The van der Waals surface area contributed by atoms with Gasteiger partial charge in [0.1, 0.15) is 0 Å². The number of carbonyl (C=O) groups is 1. The van der Waals surface area contributed by atoms with Crippen molar-refractivity contribution in [3.63, 3.8) is 0 Å². The Morgan fingerprint density at radius 1 is 1.44 bits per heavy atom. The molecule has 0 aromatic heterocycles. The van der Waals surface area contributed by atoms with Crippen molar-refractivity contribution in [2.45, 2.75) is 19.8 Å². The van der Waals surface area contributed by atoms with E-state index in [1.807, 2.05) is 35.9 Å². The van der Waals surface area contributed by atoms with Gasteiger partial charge < -0.3 is 0 Å². The van der Waals surface area contributed by atoms with Crippen LogP contribution in [-0.4, -0.2) is 20.6 Å². The minimum Gasteiger partial charge on any atom is -0.274 e. The fourth-order valence-electron chi connectivity index (χ4n) is 1.64. The Kier molecular flexibility index (Phi) is 5.34. The Hall–Kier alpha value is -0.880. The van der Waals surface area contributed by atoms with Crippen molar-refractivity contribution in [3.05, 3.63) is 34.3 Å². The molecule has 0 saturated carbocycles. The van der Waals surface area contributed by atoms with Crippen LogP contribution in [0.3, 0.4) is 0 Å². The maximum Gasteiger partial charge on any atom is 0.236 e. The first-order valence-corrected chi connectivity index (χ1v) is 8.26. The molecule has 0 aliphatic carbocycles. The van der Waals surface area contributed by atoms with Crippen molar-refractivity contribution in [3.8, 4) is 0 Å². The van der Waals surface area contributed by atoms with Crippen molar-refractivity contribution in [1.29, 1.82) is 0 Å². The molecule has 0 aliphatic heterocycles. The van der Waals surface area contributed by atoms with E-state index in [1.54, 1.807) is 0 Å². The molecule has 1 amide bonds. The highest BCUT2D eigenvalue weighted by molar-refractivity contribution is 9.10. The predicted octanol–water partition coefficient (Wildman–Crippen LogP) is 2.09. The van der Waals surface area contributed by atoms with Gasteiger partial charge in [0.25, 0.3) is 0 Å². The fraction of sp³-hybridized carbons (Fsp3) is 0.417. The van der Waals surface area contributed by atoms with E-state index in [-0.39, 0.29) is 5.92 Å². The Morgan fingerprint density at radius 2 is 2.11 bits per heavy atom. The highest BCUT2D eigenvalue weighted by Gasteiger charge is 2.19. The van der Waals surface area contributed by atoms with Gasteiger partial charge in [-0.25, -0.2) is 8.42 Å². The summed E-state index contributed by atoms with van der Waals surface area (Å²) >= 11 is 3.36. The topological polar surface area (TPSA) is 63.2 Å². The molecule has 4 nitrogen and oxygen atoms in total. The van der Waals surface area contributed by atoms with Crippen molar-refractivity contribution in [2.24, 2.45) is 5.92 Å². The summed E-state index contributed by atoms with van der Waals surface area (Å²) in [5, 5.41) is 0. The van der Waals surface area contributed by atoms with Crippen molar-refractivity contribution >= 4 is 31.9 Å². The smallest absolute Gasteiger partial charge is 0.236 e. The number of carbonyl (C=O) groups excluding carboxylic acids is 1. The van der Waals surface area contributed by atoms with E-state index >= 15 is 0 Å². The molecular formula is C12H16BrNO3S. The van der Waals surface area contributed by atoms with Gasteiger partial charge in [0.05, 0.1) is 6.26 Å². The third-order valence-corrected chi connectivity index (χ3v) is 3.59. The third-order valence-electron chi connectivity index (χ3n) is 2.52. The normalized spacial score (nSPS) is 13.1. The first kappa shape index (κ1) is 15.2. The van der Waals surface area contributed by atoms with E-state index in [0.29, 0.717) is 12.8 Å². The lowest BCUT2D eigenvalue weighted by atomic mass is 9.96. The minimum atomic E-state index is -3.49. The highest BCUT2D eigenvalue weighted by Crippen LogP contribution is 2.17. The van der Waals surface area contributed by atoms with E-state index in [4.69, 9.17) is 0 Å². The molecule has 6 heteroatoms. The second-order valence-corrected chi connectivity index (χ2v) is 6.84. The summed E-state index contributed by atoms with van der Waals surface area (Å²) in [6, 6.07) is 7.64. The molecule has 0 radical (unpaired) electrons. The van der Waals surface area contributed by atoms with Gasteiger partial charge in [-0.15, -0.1) is 0 Å². The van der Waals surface area contributed by atoms with Crippen molar-refractivity contribution in [1.82, 2.24) is 4.72 Å². The molecular weight excluding hydrogens is 318 g/mol. The SMILES string of the molecule is CC[C@H](Cc1cccc(Br)c1)C(=O)NS(C)(=O)=O. The second-order valence-electron chi connectivity index (χ2n) is 4.18. The molecule has 100 valence electrons. The van der Waals surface area contributed by atoms with Crippen LogP contribution in [0, 0.1) is 5.92 Å². The molecule has 1 aromatic rings. The van der Waals surface area contributed by atoms with Gasteiger partial charge in [-0.3, -0.25) is 9.52 Å². The van der Waals surface area contributed by atoms with Gasteiger partial charge in [-0.2, -0.15) is 0 Å². The van der Waals surface area contributed by atoms with E-state index in [1.165, 1.54) is 0 Å². The summed E-state index contributed by atoms with van der Waals surface area (Å²) in [4.78, 5) is 11.8. The summed E-state index contributed by atoms with van der Waals surface area (Å²) in [6.45, 7) is 1.87. The van der Waals surface area contributed by atoms with E-state index in [2.05, 4.69) is 15.9 Å². The molecule has 1 N–H and O–H groups in total. The molecule has 1 aromatic carbocycles. The second kappa shape index (κ2) is 6.33. The zero-order valence-electron chi connectivity index (χ0n) is 10.3. The Balaban J connectivity index is 2.76. The molecule has 0 heterocycles. The molecule has 1 atom stereocenters. The van der Waals surface area contributed by atoms with Crippen LogP contribution in [-0.2, 0) is 21.2 Å². The predicted molar refractivity (Wildman–Crippen MR) is 74.6 cm³/mol. The molecule has 0 aliphatic rings. The van der Waals surface area contributed by atoms with Gasteiger partial charge in [0, 0.05) is 10.4 Å². The lowest BCUT2D eigenvalue weighted by molar-refractivity contribution is -0.123. The Bertz CT molecular complexity index is 528. The van der Waals surface area contributed by atoms with Gasteiger partial charge in [-0.05, 0) is 30.5 Å². The van der Waals surface area contributed by atoms with Crippen LogP contribution >= 0.6 is 15.9 Å². The largest absolute Gasteiger partial charge is 0.274 e. The highest BCUT2D eigenvalue weighted by atomic mass is 79.9. The Morgan fingerprint density at radius 3 is 2.61 bits per heavy atom. The quantitative estimate of drug-likeness (QED) is 0.897. The van der Waals surface area contributed by atoms with Gasteiger partial charge in [0.2, 0.25) is 15.9 Å². The summed E-state index contributed by atoms with van der Waals surface area (Å²) in [5.74, 6) is -0.783. The maximum atomic E-state index is 11.8. The van der Waals surface area contributed by atoms with Gasteiger partial charge in [-0.1, -0.05) is 35.0 Å². The van der Waals surface area contributed by atoms with Crippen LogP contribution < -0.4 is 4.72 Å². The number of nitrogens with one attached hydrogen (secondary N) is 1. The lowest BCUT2D eigenvalue weighted by Gasteiger charge is -2.14. The van der Waals surface area contributed by atoms with E-state index < -0.39 is 15.9 Å². The fourth-order valence-corrected chi connectivity index (χ4v) is 2.62. The van der Waals surface area contributed by atoms with Crippen molar-refractivity contribution in [2.75, 3.05) is 6.26 Å². The molecule has 18 heavy (non-hydrogen) atoms. The number of sulfonamides is 1.